The summed E-state index contributed by atoms with van der Waals surface area (Å²) in [5.41, 5.74) is -1.35. The molecule has 0 spiro atoms. The van der Waals surface area contributed by atoms with Crippen molar-refractivity contribution in [2.75, 3.05) is 20.6 Å². The molecule has 1 saturated carbocycles. The number of rotatable bonds is 10. The lowest BCUT2D eigenvalue weighted by molar-refractivity contribution is -0.275. The Balaban J connectivity index is 1.24. The third-order valence-electron chi connectivity index (χ3n) is 12.0. The van der Waals surface area contributed by atoms with Crippen LogP contribution in [0.2, 0.25) is 0 Å². The molecule has 3 aromatic carbocycles. The minimum atomic E-state index is -5.10. The normalized spacial score (nSPS) is 25.9. The summed E-state index contributed by atoms with van der Waals surface area (Å²) in [6.07, 6.45) is -4.06. The highest BCUT2D eigenvalue weighted by atomic mass is 19.4. The molecule has 1 saturated heterocycles. The molecule has 4 aromatic rings. The quantitative estimate of drug-likeness (QED) is 0.166. The number of hydrogen-bond donors (Lipinski definition) is 1. The molecule has 1 aromatic heterocycles. The fraction of sp³-hybridized carbons (Fsp3) is 0.442. The second-order valence-corrected chi connectivity index (χ2v) is 16.0. The van der Waals surface area contributed by atoms with Gasteiger partial charge < -0.3 is 23.8 Å². The zero-order chi connectivity index (χ0) is 40.4. The number of hydrogen-bond acceptors (Lipinski definition) is 11. The monoisotopic (exact) mass is 787 g/mol. The lowest BCUT2D eigenvalue weighted by Gasteiger charge is -2.51. The number of fused-ring (bicyclic) bond motifs is 4. The molecular weight excluding hydrogens is 743 g/mol. The maximum atomic E-state index is 14.9. The van der Waals surface area contributed by atoms with Crippen LogP contribution in [0.25, 0.3) is 0 Å². The first-order valence-corrected chi connectivity index (χ1v) is 19.2. The van der Waals surface area contributed by atoms with Crippen LogP contribution in [0.5, 0.6) is 17.4 Å². The van der Waals surface area contributed by atoms with Gasteiger partial charge in [-0.05, 0) is 88.4 Å². The number of carbonyl (C=O) groups is 3. The Morgan fingerprint density at radius 2 is 1.63 bits per heavy atom. The molecule has 6 atom stereocenters. The first-order chi connectivity index (χ1) is 27.2. The van der Waals surface area contributed by atoms with Gasteiger partial charge in [0.15, 0.2) is 22.9 Å². The fourth-order valence-corrected chi connectivity index (χ4v) is 9.60. The Morgan fingerprint density at radius 1 is 0.982 bits per heavy atom. The van der Waals surface area contributed by atoms with E-state index in [1.165, 1.54) is 6.07 Å². The molecule has 0 bridgehead atoms. The molecular formula is C43H44F3N3O8. The number of aromatic nitrogens is 1. The Bertz CT molecular complexity index is 2190. The van der Waals surface area contributed by atoms with Crippen molar-refractivity contribution in [3.8, 4) is 17.4 Å². The Hall–Kier alpha value is -5.05. The van der Waals surface area contributed by atoms with Gasteiger partial charge in [0.1, 0.15) is 30.3 Å². The van der Waals surface area contributed by atoms with E-state index >= 15 is 0 Å². The van der Waals surface area contributed by atoms with Crippen molar-refractivity contribution in [2.45, 2.75) is 82.8 Å². The van der Waals surface area contributed by atoms with E-state index in [1.54, 1.807) is 19.0 Å². The third-order valence-corrected chi connectivity index (χ3v) is 12.0. The Kier molecular flexibility index (Phi) is 10.0. The molecule has 8 rings (SSSR count). The summed E-state index contributed by atoms with van der Waals surface area (Å²) in [5, 5.41) is 16.6. The number of carbonyl (C=O) groups excluding carboxylic acids is 3. The van der Waals surface area contributed by atoms with Crippen molar-refractivity contribution in [3.63, 3.8) is 0 Å². The van der Waals surface area contributed by atoms with Crippen LogP contribution in [0.4, 0.5) is 13.2 Å². The van der Waals surface area contributed by atoms with Gasteiger partial charge in [-0.1, -0.05) is 60.7 Å². The van der Waals surface area contributed by atoms with Crippen LogP contribution >= 0.6 is 0 Å². The number of benzene rings is 3. The molecule has 3 aliphatic carbocycles. The van der Waals surface area contributed by atoms with E-state index in [2.05, 4.69) is 10.1 Å². The van der Waals surface area contributed by atoms with E-state index < -0.39 is 64.9 Å². The van der Waals surface area contributed by atoms with E-state index in [1.807, 2.05) is 74.5 Å². The van der Waals surface area contributed by atoms with Gasteiger partial charge in [-0.3, -0.25) is 24.2 Å². The number of nitrogens with zero attached hydrogens (tertiary/aromatic N) is 3. The molecule has 57 heavy (non-hydrogen) atoms. The van der Waals surface area contributed by atoms with Crippen molar-refractivity contribution < 1.29 is 51.4 Å². The van der Waals surface area contributed by atoms with Crippen molar-refractivity contribution >= 4 is 17.3 Å². The van der Waals surface area contributed by atoms with Crippen LogP contribution in [-0.2, 0) is 24.4 Å². The van der Waals surface area contributed by atoms with Gasteiger partial charge in [0.05, 0.1) is 17.5 Å². The Labute approximate surface area is 327 Å². The summed E-state index contributed by atoms with van der Waals surface area (Å²) >= 11 is 0. The number of ether oxygens (including phenoxy) is 3. The van der Waals surface area contributed by atoms with Crippen LogP contribution in [0.3, 0.4) is 0 Å². The molecule has 4 aliphatic rings. The molecule has 1 aliphatic heterocycles. The molecule has 0 amide bonds. The first-order valence-electron chi connectivity index (χ1n) is 19.2. The van der Waals surface area contributed by atoms with E-state index in [0.717, 1.165) is 17.5 Å². The summed E-state index contributed by atoms with van der Waals surface area (Å²) in [5.74, 6) is -7.04. The zero-order valence-electron chi connectivity index (χ0n) is 32.0. The van der Waals surface area contributed by atoms with E-state index in [9.17, 15) is 32.7 Å². The molecule has 2 fully saturated rings. The molecule has 11 nitrogen and oxygen atoms in total. The minimum Gasteiger partial charge on any atom is -0.488 e. The van der Waals surface area contributed by atoms with Crippen molar-refractivity contribution in [1.29, 1.82) is 0 Å². The molecule has 6 unspecified atom stereocenters. The van der Waals surface area contributed by atoms with Crippen LogP contribution in [0, 0.1) is 17.8 Å². The number of likely N-dealkylation sites (tertiary alicyclic amines) is 1. The predicted molar refractivity (Wildman–Crippen MR) is 199 cm³/mol. The minimum absolute atomic E-state index is 0.00217. The van der Waals surface area contributed by atoms with Gasteiger partial charge in [-0.2, -0.15) is 0 Å². The first kappa shape index (κ1) is 38.8. The van der Waals surface area contributed by atoms with Crippen LogP contribution in [0.1, 0.15) is 93.9 Å². The number of halogens is 3. The predicted octanol–water partition coefficient (Wildman–Crippen LogP) is 7.07. The van der Waals surface area contributed by atoms with Crippen LogP contribution in [0.15, 0.2) is 71.3 Å². The second kappa shape index (κ2) is 14.7. The number of aliphatic hydroxyl groups is 1. The maximum Gasteiger partial charge on any atom is 0.573 e. The standard InChI is InChI=1S/C43H44F3N3O8/c1-23(2)49-17-11-16-30(49)27-20-31(54-21-24-12-7-5-8-13-24)33-28(37(27)56-43(44,45)46)18-26-19-29-35(48(3)4)38-34(40(52)42(29,53)39(51)32(26)36(33)50)41(47-57-38)55-22-25-14-9-6-10-15-25/h5-10,12-15,20,23,26,29-30,32,35,53H,11,16-19,21-22H2,1-4H3. The maximum absolute atomic E-state index is 14.9. The van der Waals surface area contributed by atoms with Crippen molar-refractivity contribution in [3.05, 3.63) is 106 Å². The van der Waals surface area contributed by atoms with Gasteiger partial charge in [0, 0.05) is 29.1 Å². The lowest BCUT2D eigenvalue weighted by atomic mass is 9.54. The van der Waals surface area contributed by atoms with Gasteiger partial charge in [-0.25, -0.2) is 0 Å². The lowest BCUT2D eigenvalue weighted by Crippen LogP contribution is -2.66. The number of alkyl halides is 3. The van der Waals surface area contributed by atoms with Crippen LogP contribution < -0.4 is 14.2 Å². The molecule has 2 heterocycles. The average Bonchev–Trinajstić information content (AvgIpc) is 3.84. The van der Waals surface area contributed by atoms with E-state index in [4.69, 9.17) is 18.7 Å². The Morgan fingerprint density at radius 3 is 2.25 bits per heavy atom. The number of ketones is 3. The van der Waals surface area contributed by atoms with E-state index in [0.29, 0.717) is 13.0 Å². The van der Waals surface area contributed by atoms with Crippen molar-refractivity contribution in [2.24, 2.45) is 17.8 Å². The largest absolute Gasteiger partial charge is 0.573 e. The zero-order valence-corrected chi connectivity index (χ0v) is 32.0. The smallest absolute Gasteiger partial charge is 0.488 e. The SMILES string of the molecule is CC(C)N1CCCC1c1cc(OCc2ccccc2)c2c(c1OC(F)(F)F)CC1CC3C(N(C)C)c4onc(OCc5ccccc5)c4C(=O)C3(O)C(=O)C1C2=O. The molecule has 300 valence electrons. The summed E-state index contributed by atoms with van der Waals surface area (Å²) in [6, 6.07) is 18.3. The van der Waals surface area contributed by atoms with E-state index in [-0.39, 0.29) is 71.7 Å². The average molecular weight is 788 g/mol. The fourth-order valence-electron chi connectivity index (χ4n) is 9.60. The number of Topliss-reactive ketones (excluding diaryl/α,β-unsaturated/α-hetero) is 3. The van der Waals surface area contributed by atoms with Crippen LogP contribution in [-0.4, -0.2) is 76.1 Å². The summed E-state index contributed by atoms with van der Waals surface area (Å²) in [4.78, 5) is 48.1. The third kappa shape index (κ3) is 6.70. The second-order valence-electron chi connectivity index (χ2n) is 16.0. The topological polar surface area (TPSA) is 132 Å². The highest BCUT2D eigenvalue weighted by Gasteiger charge is 2.67. The van der Waals surface area contributed by atoms with Gasteiger partial charge in [0.25, 0.3) is 5.88 Å². The van der Waals surface area contributed by atoms with Gasteiger partial charge in [-0.15, -0.1) is 13.2 Å². The van der Waals surface area contributed by atoms with Gasteiger partial charge >= 0.3 is 6.36 Å². The summed E-state index contributed by atoms with van der Waals surface area (Å²) in [7, 11) is 3.38. The highest BCUT2D eigenvalue weighted by Crippen LogP contribution is 2.57. The summed E-state index contributed by atoms with van der Waals surface area (Å²) < 4.78 is 66.1. The summed E-state index contributed by atoms with van der Waals surface area (Å²) in [6.45, 7) is 4.61. The van der Waals surface area contributed by atoms with Crippen molar-refractivity contribution in [1.82, 2.24) is 15.0 Å². The van der Waals surface area contributed by atoms with Gasteiger partial charge in [0.2, 0.25) is 5.78 Å². The highest BCUT2D eigenvalue weighted by molar-refractivity contribution is 6.27. The molecule has 1 N–H and O–H groups in total. The molecule has 14 heteroatoms. The molecule has 0 radical (unpaired) electrons.